The second-order valence-electron chi connectivity index (χ2n) is 4.56. The maximum Gasteiger partial charge on any atom is 0.337 e. The van der Waals surface area contributed by atoms with Crippen LogP contribution in [0, 0.1) is 0 Å². The van der Waals surface area contributed by atoms with E-state index in [1.807, 2.05) is 4.57 Å². The number of fused-ring (bicyclic) bond motifs is 3. The van der Waals surface area contributed by atoms with E-state index in [4.69, 9.17) is 10.5 Å². The number of amides is 1. The van der Waals surface area contributed by atoms with E-state index in [1.165, 1.54) is 7.11 Å². The largest absolute Gasteiger partial charge is 0.491 e. The zero-order chi connectivity index (χ0) is 15.0. The van der Waals surface area contributed by atoms with E-state index in [0.29, 0.717) is 35.9 Å². The fraction of sp³-hybridized carbons (Fsp3) is 0.214. The number of hydrogen-bond donors (Lipinski definition) is 1. The van der Waals surface area contributed by atoms with Crippen molar-refractivity contribution in [3.63, 3.8) is 0 Å². The zero-order valence-corrected chi connectivity index (χ0v) is 11.3. The van der Waals surface area contributed by atoms with Crippen LogP contribution in [0.1, 0.15) is 20.8 Å². The van der Waals surface area contributed by atoms with Crippen LogP contribution in [0.5, 0.6) is 5.75 Å². The predicted octanol–water partition coefficient (Wildman–Crippen LogP) is 0.828. The number of hydrogen-bond acceptors (Lipinski definition) is 5. The van der Waals surface area contributed by atoms with E-state index in [9.17, 15) is 9.59 Å². The first-order chi connectivity index (χ1) is 10.1. The Morgan fingerprint density at radius 1 is 1.43 bits per heavy atom. The zero-order valence-electron chi connectivity index (χ0n) is 11.3. The van der Waals surface area contributed by atoms with Crippen molar-refractivity contribution in [1.29, 1.82) is 0 Å². The van der Waals surface area contributed by atoms with Crippen LogP contribution in [0.15, 0.2) is 24.4 Å². The number of rotatable bonds is 2. The molecule has 7 heteroatoms. The van der Waals surface area contributed by atoms with Crippen molar-refractivity contribution in [2.45, 2.75) is 6.54 Å². The van der Waals surface area contributed by atoms with Crippen molar-refractivity contribution in [3.05, 3.63) is 35.7 Å². The highest BCUT2D eigenvalue weighted by molar-refractivity contribution is 5.92. The summed E-state index contributed by atoms with van der Waals surface area (Å²) in [4.78, 5) is 27.1. The molecule has 21 heavy (non-hydrogen) atoms. The summed E-state index contributed by atoms with van der Waals surface area (Å²) < 4.78 is 12.1. The van der Waals surface area contributed by atoms with Gasteiger partial charge in [-0.3, -0.25) is 4.79 Å². The summed E-state index contributed by atoms with van der Waals surface area (Å²) in [6.07, 6.45) is 1.60. The summed E-state index contributed by atoms with van der Waals surface area (Å²) >= 11 is 0. The van der Waals surface area contributed by atoms with Gasteiger partial charge in [0.2, 0.25) is 0 Å². The van der Waals surface area contributed by atoms with E-state index >= 15 is 0 Å². The van der Waals surface area contributed by atoms with Gasteiger partial charge in [-0.2, -0.15) is 0 Å². The Kier molecular flexibility index (Phi) is 3.09. The molecule has 1 aliphatic rings. The molecule has 0 unspecified atom stereocenters. The van der Waals surface area contributed by atoms with Gasteiger partial charge >= 0.3 is 5.97 Å². The molecule has 0 bridgehead atoms. The molecular weight excluding hydrogens is 274 g/mol. The topological polar surface area (TPSA) is 96.4 Å². The van der Waals surface area contributed by atoms with Crippen molar-refractivity contribution < 1.29 is 19.1 Å². The van der Waals surface area contributed by atoms with Crippen molar-refractivity contribution >= 4 is 11.9 Å². The van der Waals surface area contributed by atoms with Gasteiger partial charge in [0.15, 0.2) is 0 Å². The molecule has 1 aliphatic heterocycles. The Morgan fingerprint density at radius 3 is 2.95 bits per heavy atom. The molecule has 0 saturated heterocycles. The molecular formula is C14H13N3O4. The van der Waals surface area contributed by atoms with E-state index in [2.05, 4.69) is 9.72 Å². The van der Waals surface area contributed by atoms with E-state index < -0.39 is 11.9 Å². The van der Waals surface area contributed by atoms with Gasteiger partial charge in [-0.15, -0.1) is 0 Å². The number of aromatic nitrogens is 2. The monoisotopic (exact) mass is 287 g/mol. The van der Waals surface area contributed by atoms with Gasteiger partial charge in [0.05, 0.1) is 24.8 Å². The lowest BCUT2D eigenvalue weighted by Crippen LogP contribution is -2.11. The lowest BCUT2D eigenvalue weighted by molar-refractivity contribution is 0.0600. The molecule has 2 aromatic rings. The van der Waals surface area contributed by atoms with Crippen LogP contribution >= 0.6 is 0 Å². The van der Waals surface area contributed by atoms with Crippen LogP contribution in [-0.4, -0.2) is 35.1 Å². The first kappa shape index (κ1) is 13.2. The molecule has 108 valence electrons. The summed E-state index contributed by atoms with van der Waals surface area (Å²) in [7, 11) is 1.32. The normalized spacial score (nSPS) is 12.6. The smallest absolute Gasteiger partial charge is 0.337 e. The highest BCUT2D eigenvalue weighted by Crippen LogP contribution is 2.32. The van der Waals surface area contributed by atoms with Crippen LogP contribution in [-0.2, 0) is 11.3 Å². The Hall–Kier alpha value is -2.83. The predicted molar refractivity (Wildman–Crippen MR) is 73.0 cm³/mol. The fourth-order valence-corrected chi connectivity index (χ4v) is 2.25. The quantitative estimate of drug-likeness (QED) is 0.825. The molecule has 0 aliphatic carbocycles. The number of primary amides is 1. The molecule has 0 atom stereocenters. The molecule has 0 spiro atoms. The van der Waals surface area contributed by atoms with Crippen LogP contribution < -0.4 is 10.5 Å². The second kappa shape index (κ2) is 4.93. The van der Waals surface area contributed by atoms with Crippen LogP contribution in [0.2, 0.25) is 0 Å². The van der Waals surface area contributed by atoms with Gasteiger partial charge in [-0.1, -0.05) is 0 Å². The number of benzene rings is 1. The number of esters is 1. The summed E-state index contributed by atoms with van der Waals surface area (Å²) in [5.74, 6) is 0.0991. The molecule has 1 amide bonds. The fourth-order valence-electron chi connectivity index (χ4n) is 2.25. The summed E-state index contributed by atoms with van der Waals surface area (Å²) in [6.45, 7) is 0.942. The van der Waals surface area contributed by atoms with Gasteiger partial charge in [0, 0.05) is 6.20 Å². The number of nitrogens with two attached hydrogens (primary N) is 1. The lowest BCUT2D eigenvalue weighted by atomic mass is 10.1. The number of carbonyl (C=O) groups is 2. The highest BCUT2D eigenvalue weighted by Gasteiger charge is 2.21. The maximum absolute atomic E-state index is 11.6. The standard InChI is InChI=1S/C14H13N3O4/c1-20-14(19)8-2-3-9-11(6-8)21-5-4-17-7-10(12(15)18)16-13(9)17/h2-3,6-7H,4-5H2,1H3,(H2,15,18). The minimum absolute atomic E-state index is 0.204. The SMILES string of the molecule is COC(=O)c1ccc2c(c1)OCCn1cc(C(N)=O)nc1-2. The van der Waals surface area contributed by atoms with Gasteiger partial charge in [-0.25, -0.2) is 9.78 Å². The maximum atomic E-state index is 11.6. The minimum atomic E-state index is -0.579. The van der Waals surface area contributed by atoms with Gasteiger partial charge in [0.25, 0.3) is 5.91 Å². The minimum Gasteiger partial charge on any atom is -0.491 e. The average Bonchev–Trinajstić information content (AvgIpc) is 2.83. The first-order valence-corrected chi connectivity index (χ1v) is 6.32. The summed E-state index contributed by atoms with van der Waals surface area (Å²) in [5.41, 5.74) is 6.56. The summed E-state index contributed by atoms with van der Waals surface area (Å²) in [5, 5.41) is 0. The number of nitrogens with zero attached hydrogens (tertiary/aromatic N) is 2. The van der Waals surface area contributed by atoms with Crippen LogP contribution in [0.25, 0.3) is 11.4 Å². The number of methoxy groups -OCH3 is 1. The third-order valence-electron chi connectivity index (χ3n) is 3.26. The Labute approximate surface area is 120 Å². The van der Waals surface area contributed by atoms with Gasteiger partial charge < -0.3 is 19.8 Å². The molecule has 7 nitrogen and oxygen atoms in total. The summed E-state index contributed by atoms with van der Waals surface area (Å²) in [6, 6.07) is 4.95. The molecule has 1 aromatic heterocycles. The van der Waals surface area contributed by atoms with E-state index in [0.717, 1.165) is 0 Å². The molecule has 3 rings (SSSR count). The molecule has 0 fully saturated rings. The Bertz CT molecular complexity index is 736. The highest BCUT2D eigenvalue weighted by atomic mass is 16.5. The number of imidazole rings is 1. The van der Waals surface area contributed by atoms with Crippen molar-refractivity contribution in [2.75, 3.05) is 13.7 Å². The molecule has 0 radical (unpaired) electrons. The van der Waals surface area contributed by atoms with Crippen molar-refractivity contribution in [1.82, 2.24) is 9.55 Å². The van der Waals surface area contributed by atoms with Gasteiger partial charge in [-0.05, 0) is 18.2 Å². The van der Waals surface area contributed by atoms with Crippen molar-refractivity contribution in [3.8, 4) is 17.1 Å². The second-order valence-corrected chi connectivity index (χ2v) is 4.56. The lowest BCUT2D eigenvalue weighted by Gasteiger charge is -2.08. The van der Waals surface area contributed by atoms with E-state index in [1.54, 1.807) is 24.4 Å². The van der Waals surface area contributed by atoms with Crippen molar-refractivity contribution in [2.24, 2.45) is 5.73 Å². The molecule has 2 N–H and O–H groups in total. The number of ether oxygens (including phenoxy) is 2. The average molecular weight is 287 g/mol. The molecule has 1 aromatic carbocycles. The van der Waals surface area contributed by atoms with Crippen LogP contribution in [0.3, 0.4) is 0 Å². The Balaban J connectivity index is 2.11. The van der Waals surface area contributed by atoms with E-state index in [-0.39, 0.29) is 5.69 Å². The Morgan fingerprint density at radius 2 is 2.24 bits per heavy atom. The first-order valence-electron chi connectivity index (χ1n) is 6.32. The molecule has 0 saturated carbocycles. The van der Waals surface area contributed by atoms with Crippen LogP contribution in [0.4, 0.5) is 0 Å². The number of carbonyl (C=O) groups excluding carboxylic acids is 2. The third kappa shape index (κ3) is 2.22. The molecule has 2 heterocycles. The third-order valence-corrected chi connectivity index (χ3v) is 3.26. The van der Waals surface area contributed by atoms with Gasteiger partial charge in [0.1, 0.15) is 23.9 Å².